The molecule has 0 spiro atoms. The van der Waals surface area contributed by atoms with Crippen LogP contribution in [0.25, 0.3) is 0 Å². The van der Waals surface area contributed by atoms with Crippen LogP contribution < -0.4 is 0 Å². The summed E-state index contributed by atoms with van der Waals surface area (Å²) >= 11 is 0. The second kappa shape index (κ2) is 5.98. The van der Waals surface area contributed by atoms with Crippen molar-refractivity contribution in [2.45, 2.75) is 51.6 Å². The minimum absolute atomic E-state index is 0.290. The van der Waals surface area contributed by atoms with Crippen molar-refractivity contribution >= 4 is 0 Å². The van der Waals surface area contributed by atoms with Crippen molar-refractivity contribution in [1.82, 2.24) is 15.1 Å². The summed E-state index contributed by atoms with van der Waals surface area (Å²) in [6.45, 7) is 4.87. The second-order valence-electron chi connectivity index (χ2n) is 6.27. The molecule has 1 atom stereocenters. The van der Waals surface area contributed by atoms with Gasteiger partial charge in [-0.25, -0.2) is 0 Å². The first-order valence-corrected chi connectivity index (χ1v) is 7.72. The molecule has 21 heavy (non-hydrogen) atoms. The molecule has 1 aliphatic rings. The number of aryl methyl sites for hydroxylation is 1. The van der Waals surface area contributed by atoms with E-state index < -0.39 is 0 Å². The zero-order valence-electron chi connectivity index (χ0n) is 13.0. The Morgan fingerprint density at radius 3 is 2.71 bits per heavy atom. The van der Waals surface area contributed by atoms with Crippen molar-refractivity contribution in [3.05, 3.63) is 47.2 Å². The van der Waals surface area contributed by atoms with Crippen molar-refractivity contribution in [3.63, 3.8) is 0 Å². The summed E-state index contributed by atoms with van der Waals surface area (Å²) in [4.78, 5) is 2.34. The third-order valence-electron chi connectivity index (χ3n) is 4.31. The average Bonchev–Trinajstić information content (AvgIpc) is 2.95. The predicted octanol–water partition coefficient (Wildman–Crippen LogP) is 3.18. The van der Waals surface area contributed by atoms with Gasteiger partial charge in [0.1, 0.15) is 0 Å². The lowest BCUT2D eigenvalue weighted by molar-refractivity contribution is 0.193. The molecule has 1 aromatic carbocycles. The first-order chi connectivity index (χ1) is 10.1. The molecule has 1 aromatic heterocycles. The second-order valence-corrected chi connectivity index (χ2v) is 6.27. The summed E-state index contributed by atoms with van der Waals surface area (Å²) in [7, 11) is 2.15. The summed E-state index contributed by atoms with van der Waals surface area (Å²) in [6, 6.07) is 9.31. The Morgan fingerprint density at radius 2 is 2.00 bits per heavy atom. The van der Waals surface area contributed by atoms with E-state index in [2.05, 4.69) is 60.3 Å². The third kappa shape index (κ3) is 3.16. The van der Waals surface area contributed by atoms with Gasteiger partial charge in [-0.3, -0.25) is 4.90 Å². The van der Waals surface area contributed by atoms with Crippen LogP contribution in [-0.4, -0.2) is 28.2 Å². The highest BCUT2D eigenvalue weighted by molar-refractivity contribution is 5.30. The van der Waals surface area contributed by atoms with Gasteiger partial charge in [0.15, 0.2) is 0 Å². The van der Waals surface area contributed by atoms with Crippen molar-refractivity contribution in [2.75, 3.05) is 7.05 Å². The van der Waals surface area contributed by atoms with Gasteiger partial charge in [-0.2, -0.15) is 0 Å². The Morgan fingerprint density at radius 1 is 1.24 bits per heavy atom. The topological polar surface area (TPSA) is 42.2 Å². The molecule has 1 heterocycles. The van der Waals surface area contributed by atoms with Crippen LogP contribution in [0.5, 0.6) is 0 Å². The zero-order chi connectivity index (χ0) is 14.8. The highest BCUT2D eigenvalue weighted by atomic mass is 16.4. The molecular formula is C17H23N3O. The fourth-order valence-corrected chi connectivity index (χ4v) is 2.96. The van der Waals surface area contributed by atoms with Crippen LogP contribution >= 0.6 is 0 Å². The first kappa shape index (κ1) is 14.3. The number of likely N-dealkylation sites (N-methyl/N-ethyl adjacent to an activating group) is 1. The van der Waals surface area contributed by atoms with E-state index in [4.69, 9.17) is 4.42 Å². The monoisotopic (exact) mass is 285 g/mol. The smallest absolute Gasteiger partial charge is 0.230 e. The van der Waals surface area contributed by atoms with Crippen molar-refractivity contribution < 1.29 is 4.42 Å². The van der Waals surface area contributed by atoms with Gasteiger partial charge in [-0.1, -0.05) is 38.1 Å². The van der Waals surface area contributed by atoms with Crippen molar-refractivity contribution in [2.24, 2.45) is 0 Å². The fraction of sp³-hybridized carbons (Fsp3) is 0.529. The molecule has 2 aromatic rings. The average molecular weight is 285 g/mol. The highest BCUT2D eigenvalue weighted by Gasteiger charge is 2.23. The molecule has 3 rings (SSSR count). The molecular weight excluding hydrogens is 262 g/mol. The first-order valence-electron chi connectivity index (χ1n) is 7.72. The molecule has 1 aliphatic carbocycles. The Labute approximate surface area is 126 Å². The maximum Gasteiger partial charge on any atom is 0.230 e. The summed E-state index contributed by atoms with van der Waals surface area (Å²) in [5, 5.41) is 8.26. The minimum Gasteiger partial charge on any atom is -0.424 e. The van der Waals surface area contributed by atoms with Crippen molar-refractivity contribution in [1.29, 1.82) is 0 Å². The largest absolute Gasteiger partial charge is 0.424 e. The Bertz CT molecular complexity index is 606. The number of hydrogen-bond acceptors (Lipinski definition) is 4. The Kier molecular flexibility index (Phi) is 4.06. The van der Waals surface area contributed by atoms with Gasteiger partial charge in [0.05, 0.1) is 6.54 Å². The molecule has 0 amide bonds. The zero-order valence-corrected chi connectivity index (χ0v) is 13.0. The van der Waals surface area contributed by atoms with Crippen LogP contribution in [0.4, 0.5) is 0 Å². The SMILES string of the molecule is CC(C)c1nnc(CN(C)[C@H]2CCc3ccccc3C2)o1. The van der Waals surface area contributed by atoms with E-state index in [1.165, 1.54) is 17.5 Å². The van der Waals surface area contributed by atoms with Crippen molar-refractivity contribution in [3.8, 4) is 0 Å². The van der Waals surface area contributed by atoms with Crippen LogP contribution in [0.1, 0.15) is 49.1 Å². The molecule has 112 valence electrons. The summed E-state index contributed by atoms with van der Waals surface area (Å²) in [6.07, 6.45) is 3.46. The molecule has 4 nitrogen and oxygen atoms in total. The van der Waals surface area contributed by atoms with E-state index in [0.29, 0.717) is 6.04 Å². The van der Waals surface area contributed by atoms with E-state index in [0.717, 1.165) is 31.2 Å². The van der Waals surface area contributed by atoms with Crippen LogP contribution in [0, 0.1) is 0 Å². The molecule has 0 N–H and O–H groups in total. The van der Waals surface area contributed by atoms with Gasteiger partial charge in [0.25, 0.3) is 0 Å². The molecule has 0 bridgehead atoms. The van der Waals surface area contributed by atoms with Crippen LogP contribution in [0.15, 0.2) is 28.7 Å². The third-order valence-corrected chi connectivity index (χ3v) is 4.31. The molecule has 0 saturated heterocycles. The number of hydrogen-bond donors (Lipinski definition) is 0. The van der Waals surface area contributed by atoms with E-state index in [1.807, 2.05) is 0 Å². The summed E-state index contributed by atoms with van der Waals surface area (Å²) < 4.78 is 5.71. The maximum atomic E-state index is 5.71. The Hall–Kier alpha value is -1.68. The minimum atomic E-state index is 0.290. The summed E-state index contributed by atoms with van der Waals surface area (Å²) in [5.41, 5.74) is 2.98. The molecule has 0 saturated carbocycles. The van der Waals surface area contributed by atoms with Gasteiger partial charge in [0, 0.05) is 12.0 Å². The molecule has 0 fully saturated rings. The van der Waals surface area contributed by atoms with Gasteiger partial charge in [-0.05, 0) is 37.4 Å². The molecule has 4 heteroatoms. The number of aromatic nitrogens is 2. The van der Waals surface area contributed by atoms with Crippen LogP contribution in [-0.2, 0) is 19.4 Å². The van der Waals surface area contributed by atoms with Gasteiger partial charge >= 0.3 is 0 Å². The molecule has 0 radical (unpaired) electrons. The van der Waals surface area contributed by atoms with E-state index in [1.54, 1.807) is 0 Å². The molecule has 0 aliphatic heterocycles. The fourth-order valence-electron chi connectivity index (χ4n) is 2.96. The van der Waals surface area contributed by atoms with E-state index >= 15 is 0 Å². The van der Waals surface area contributed by atoms with E-state index in [-0.39, 0.29) is 5.92 Å². The number of benzene rings is 1. The van der Waals surface area contributed by atoms with Crippen LogP contribution in [0.3, 0.4) is 0 Å². The lowest BCUT2D eigenvalue weighted by atomic mass is 9.88. The Balaban J connectivity index is 1.65. The predicted molar refractivity (Wildman–Crippen MR) is 82.1 cm³/mol. The quantitative estimate of drug-likeness (QED) is 0.865. The lowest BCUT2D eigenvalue weighted by Gasteiger charge is -2.31. The number of rotatable bonds is 4. The standard InChI is InChI=1S/C17H23N3O/c1-12(2)17-19-18-16(21-17)11-20(3)15-9-8-13-6-4-5-7-14(13)10-15/h4-7,12,15H,8-11H2,1-3H3/t15-/m0/s1. The van der Waals surface area contributed by atoms with Gasteiger partial charge in [-0.15, -0.1) is 10.2 Å². The number of fused-ring (bicyclic) bond motifs is 1. The summed E-state index contributed by atoms with van der Waals surface area (Å²) in [5.74, 6) is 1.74. The normalized spacial score (nSPS) is 18.2. The maximum absolute atomic E-state index is 5.71. The highest BCUT2D eigenvalue weighted by Crippen LogP contribution is 2.24. The molecule has 0 unspecified atom stereocenters. The number of nitrogens with zero attached hydrogens (tertiary/aromatic N) is 3. The lowest BCUT2D eigenvalue weighted by Crippen LogP contribution is -2.36. The van der Waals surface area contributed by atoms with E-state index in [9.17, 15) is 0 Å². The van der Waals surface area contributed by atoms with Crippen LogP contribution in [0.2, 0.25) is 0 Å². The van der Waals surface area contributed by atoms with Gasteiger partial charge < -0.3 is 4.42 Å². The van der Waals surface area contributed by atoms with Gasteiger partial charge in [0.2, 0.25) is 11.8 Å².